The van der Waals surface area contributed by atoms with Gasteiger partial charge in [-0.1, -0.05) is 125 Å². The van der Waals surface area contributed by atoms with Gasteiger partial charge in [0.25, 0.3) is 0 Å². The topological polar surface area (TPSA) is 30.7 Å². The van der Waals surface area contributed by atoms with Crippen molar-refractivity contribution in [2.45, 2.75) is 66.0 Å². The van der Waals surface area contributed by atoms with Crippen LogP contribution in [0.4, 0.5) is 0 Å². The molecule has 9 aromatic rings. The standard InChI is InChI=1S/C38H33N2S.C14H16NSi.Ir/c1-23(2)31-21-27(26-12-7-6-8-13-26)22-32(24(3)4)36(31)40-34-17-10-9-16-33(34)39-38(40)30-15-11-14-29-28-19-18-25(5)20-35(28)41-37(29)30;1-16(2,3)13-9-10-14(15-11-13)12-7-5-4-6-8-12;/h6-14,16-24H,1-5H3;4-7,9-11H,1-3H3;/q2*-1;/i5D3;4D,5D,6D;. The zero-order chi connectivity index (χ0) is 45.0. The van der Waals surface area contributed by atoms with E-state index in [-0.39, 0.29) is 50.1 Å². The second kappa shape index (κ2) is 17.1. The molecule has 0 bridgehead atoms. The third-order valence-corrected chi connectivity index (χ3v) is 13.6. The summed E-state index contributed by atoms with van der Waals surface area (Å²) in [5.74, 6) is 1.38. The maximum atomic E-state index is 7.94. The monoisotopic (exact) mass is 974 g/mol. The molecule has 58 heavy (non-hydrogen) atoms. The van der Waals surface area contributed by atoms with Gasteiger partial charge in [0.15, 0.2) is 0 Å². The van der Waals surface area contributed by atoms with Crippen molar-refractivity contribution in [1.29, 1.82) is 0 Å². The van der Waals surface area contributed by atoms with Crippen LogP contribution in [-0.4, -0.2) is 22.6 Å². The number of thiophene rings is 1. The van der Waals surface area contributed by atoms with E-state index in [0.717, 1.165) is 42.6 Å². The molecule has 1 radical (unpaired) electrons. The Morgan fingerprint density at radius 2 is 1.50 bits per heavy atom. The molecule has 6 aromatic carbocycles. The summed E-state index contributed by atoms with van der Waals surface area (Å²) in [6, 6.07) is 44.9. The predicted octanol–water partition coefficient (Wildman–Crippen LogP) is 14.2. The molecule has 3 heterocycles. The van der Waals surface area contributed by atoms with E-state index in [4.69, 9.17) is 13.2 Å². The Balaban J connectivity index is 0.000000258. The van der Waals surface area contributed by atoms with Crippen LogP contribution in [0, 0.1) is 19.0 Å². The van der Waals surface area contributed by atoms with Crippen molar-refractivity contribution in [2.24, 2.45) is 0 Å². The first-order valence-corrected chi connectivity index (χ1v) is 23.8. The van der Waals surface area contributed by atoms with Gasteiger partial charge in [0, 0.05) is 43.5 Å². The smallest absolute Gasteiger partial charge is 0.0795 e. The molecule has 0 spiro atoms. The molecule has 6 heteroatoms. The fraction of sp³-hybridized carbons (Fsp3) is 0.192. The molecule has 0 aliphatic heterocycles. The van der Waals surface area contributed by atoms with E-state index in [1.165, 1.54) is 39.2 Å². The van der Waals surface area contributed by atoms with Crippen molar-refractivity contribution in [3.63, 3.8) is 0 Å². The van der Waals surface area contributed by atoms with Crippen LogP contribution in [0.2, 0.25) is 19.6 Å². The van der Waals surface area contributed by atoms with Crippen LogP contribution in [0.5, 0.6) is 0 Å². The number of hydrogen-bond acceptors (Lipinski definition) is 3. The largest absolute Gasteiger partial charge is 0.333 e. The van der Waals surface area contributed by atoms with Crippen LogP contribution >= 0.6 is 11.3 Å². The maximum Gasteiger partial charge on any atom is 0.0795 e. The normalized spacial score (nSPS) is 13.3. The van der Waals surface area contributed by atoms with E-state index in [1.807, 2.05) is 36.5 Å². The summed E-state index contributed by atoms with van der Waals surface area (Å²) in [6.45, 7) is 13.7. The average molecular weight is 974 g/mol. The molecule has 3 nitrogen and oxygen atoms in total. The molecule has 0 N–H and O–H groups in total. The number of nitrogens with zero attached hydrogens (tertiary/aromatic N) is 3. The first-order valence-electron chi connectivity index (χ1n) is 22.5. The number of imidazole rings is 1. The first kappa shape index (κ1) is 33.9. The number of fused-ring (bicyclic) bond motifs is 4. The van der Waals surface area contributed by atoms with Crippen molar-refractivity contribution >= 4 is 55.8 Å². The van der Waals surface area contributed by atoms with Crippen LogP contribution in [-0.2, 0) is 20.1 Å². The molecule has 0 unspecified atom stereocenters. The van der Waals surface area contributed by atoms with Gasteiger partial charge in [-0.25, -0.2) is 0 Å². The molecule has 0 saturated heterocycles. The second-order valence-corrected chi connectivity index (χ2v) is 22.2. The van der Waals surface area contributed by atoms with Crippen molar-refractivity contribution in [3.05, 3.63) is 168 Å². The molecule has 0 aliphatic carbocycles. The Kier molecular flexibility index (Phi) is 10.0. The van der Waals surface area contributed by atoms with Gasteiger partial charge in [0.05, 0.1) is 24.9 Å². The van der Waals surface area contributed by atoms with Crippen LogP contribution < -0.4 is 5.19 Å². The summed E-state index contributed by atoms with van der Waals surface area (Å²) in [7, 11) is -1.36. The fourth-order valence-electron chi connectivity index (χ4n) is 7.36. The molecular weight excluding hydrogens is 919 g/mol. The Bertz CT molecular complexity index is 3080. The minimum absolute atomic E-state index is 0. The Hall–Kier alpha value is -4.97. The van der Waals surface area contributed by atoms with Crippen molar-refractivity contribution < 1.29 is 28.3 Å². The Labute approximate surface area is 370 Å². The van der Waals surface area contributed by atoms with Gasteiger partial charge in [0.1, 0.15) is 0 Å². The fourth-order valence-corrected chi connectivity index (χ4v) is 9.63. The molecule has 0 saturated carbocycles. The summed E-state index contributed by atoms with van der Waals surface area (Å²) < 4.78 is 50.9. The number of aryl methyl sites for hydroxylation is 1. The third-order valence-electron chi connectivity index (χ3n) is 10.4. The van der Waals surface area contributed by atoms with E-state index in [0.29, 0.717) is 16.8 Å². The summed E-state index contributed by atoms with van der Waals surface area (Å²) in [4.78, 5) is 9.67. The minimum Gasteiger partial charge on any atom is -0.333 e. The number of aromatic nitrogens is 3. The first-order chi connectivity index (χ1) is 29.9. The predicted molar refractivity (Wildman–Crippen MR) is 248 cm³/mol. The molecule has 0 fully saturated rings. The van der Waals surface area contributed by atoms with Crippen LogP contribution in [0.25, 0.3) is 70.7 Å². The summed E-state index contributed by atoms with van der Waals surface area (Å²) in [5.41, 5.74) is 10.7. The van der Waals surface area contributed by atoms with Crippen molar-refractivity contribution in [3.8, 4) is 39.5 Å². The zero-order valence-electron chi connectivity index (χ0n) is 39.8. The van der Waals surface area contributed by atoms with Gasteiger partial charge in [-0.3, -0.25) is 4.98 Å². The van der Waals surface area contributed by atoms with Gasteiger partial charge in [0.2, 0.25) is 0 Å². The number of benzene rings is 6. The van der Waals surface area contributed by atoms with E-state index in [9.17, 15) is 0 Å². The van der Waals surface area contributed by atoms with Crippen molar-refractivity contribution in [1.82, 2.24) is 14.5 Å². The van der Waals surface area contributed by atoms with E-state index < -0.39 is 14.9 Å². The van der Waals surface area contributed by atoms with Gasteiger partial charge in [-0.2, -0.15) is 11.3 Å². The minimum atomic E-state index is -2.15. The van der Waals surface area contributed by atoms with Crippen LogP contribution in [0.3, 0.4) is 0 Å². The SMILES string of the molecule is [2H]C([2H])([2H])c1ccc2c(c1)sc1c(-c3nc4ccccc4n3-c3c(C(C)C)cc(-c4ccccc4)cc3C(C)C)[c-]ccc12.[2H]c1[c-]c(-c2ccc([Si](C)(C)C)cn2)cc([2H])c1[2H].[Ir]. The number of rotatable bonds is 7. The summed E-state index contributed by atoms with van der Waals surface area (Å²) in [6.07, 6.45) is 1.87. The molecule has 0 amide bonds. The van der Waals surface area contributed by atoms with Crippen LogP contribution in [0.15, 0.2) is 140 Å². The van der Waals surface area contributed by atoms with E-state index >= 15 is 0 Å². The zero-order valence-corrected chi connectivity index (χ0v) is 38.0. The Morgan fingerprint density at radius 1 is 0.759 bits per heavy atom. The molecular formula is C52H49IrN3SSi-2. The number of hydrogen-bond donors (Lipinski definition) is 0. The molecule has 0 atom stereocenters. The number of para-hydroxylation sites is 2. The van der Waals surface area contributed by atoms with Crippen molar-refractivity contribution in [2.75, 3.05) is 0 Å². The average Bonchev–Trinajstić information content (AvgIpc) is 3.83. The maximum absolute atomic E-state index is 7.94. The molecule has 0 aliphatic rings. The van der Waals surface area contributed by atoms with Gasteiger partial charge in [-0.05, 0) is 99.2 Å². The quantitative estimate of drug-likeness (QED) is 0.118. The summed E-state index contributed by atoms with van der Waals surface area (Å²) in [5, 5.41) is 3.40. The van der Waals surface area contributed by atoms with E-state index in [1.54, 1.807) is 17.4 Å². The van der Waals surface area contributed by atoms with Crippen LogP contribution in [0.1, 0.15) is 64.4 Å². The summed E-state index contributed by atoms with van der Waals surface area (Å²) >= 11 is 1.61. The van der Waals surface area contributed by atoms with Gasteiger partial charge < -0.3 is 9.55 Å². The molecule has 9 rings (SSSR count). The molecule has 293 valence electrons. The number of pyridine rings is 1. The van der Waals surface area contributed by atoms with Gasteiger partial charge >= 0.3 is 0 Å². The second-order valence-electron chi connectivity index (χ2n) is 16.1. The molecule has 3 aromatic heterocycles. The van der Waals surface area contributed by atoms with Gasteiger partial charge in [-0.15, -0.1) is 54.0 Å². The Morgan fingerprint density at radius 3 is 2.17 bits per heavy atom. The van der Waals surface area contributed by atoms with E-state index in [2.05, 4.69) is 142 Å². The third kappa shape index (κ3) is 8.17.